The van der Waals surface area contributed by atoms with E-state index in [1.807, 2.05) is 0 Å². The molecule has 2 unspecified atom stereocenters. The van der Waals surface area contributed by atoms with E-state index in [0.717, 1.165) is 19.3 Å². The second-order valence-electron chi connectivity index (χ2n) is 4.81. The molecule has 14 heavy (non-hydrogen) atoms. The first kappa shape index (κ1) is 10.2. The lowest BCUT2D eigenvalue weighted by Crippen LogP contribution is -2.56. The summed E-state index contributed by atoms with van der Waals surface area (Å²) < 4.78 is 12.9. The van der Waals surface area contributed by atoms with Gasteiger partial charge in [-0.1, -0.05) is 0 Å². The molecule has 0 aromatic carbocycles. The lowest BCUT2D eigenvalue weighted by Gasteiger charge is -2.41. The van der Waals surface area contributed by atoms with Crippen molar-refractivity contribution in [2.45, 2.75) is 44.3 Å². The summed E-state index contributed by atoms with van der Waals surface area (Å²) in [7, 11) is 0. The van der Waals surface area contributed by atoms with E-state index in [9.17, 15) is 9.18 Å². The molecule has 4 heteroatoms. The Balaban J connectivity index is 1.94. The summed E-state index contributed by atoms with van der Waals surface area (Å²) in [6, 6.07) is 0. The zero-order chi connectivity index (χ0) is 10.4. The van der Waals surface area contributed by atoms with Crippen molar-refractivity contribution in [1.82, 2.24) is 5.32 Å². The second kappa shape index (κ2) is 3.09. The number of carbonyl (C=O) groups is 1. The maximum atomic E-state index is 12.9. The van der Waals surface area contributed by atoms with Crippen LogP contribution in [0.1, 0.15) is 32.6 Å². The summed E-state index contributed by atoms with van der Waals surface area (Å²) in [5.74, 6) is 0.275. The van der Waals surface area contributed by atoms with E-state index >= 15 is 0 Å². The SMILES string of the molecule is CC1(C(=O)NC2(CCl)CCC2)CC1F. The van der Waals surface area contributed by atoms with Gasteiger partial charge in [0.05, 0.1) is 11.0 Å². The van der Waals surface area contributed by atoms with E-state index in [-0.39, 0.29) is 11.4 Å². The Labute approximate surface area is 88.2 Å². The van der Waals surface area contributed by atoms with Crippen molar-refractivity contribution in [2.75, 3.05) is 5.88 Å². The fourth-order valence-corrected chi connectivity index (χ4v) is 2.16. The molecule has 2 aliphatic carbocycles. The van der Waals surface area contributed by atoms with Crippen LogP contribution in [0.2, 0.25) is 0 Å². The van der Waals surface area contributed by atoms with Gasteiger partial charge in [0.15, 0.2) is 0 Å². The van der Waals surface area contributed by atoms with Crippen molar-refractivity contribution in [3.05, 3.63) is 0 Å². The van der Waals surface area contributed by atoms with E-state index in [1.165, 1.54) is 0 Å². The van der Waals surface area contributed by atoms with Crippen LogP contribution in [0.15, 0.2) is 0 Å². The van der Waals surface area contributed by atoms with Gasteiger partial charge in [-0.25, -0.2) is 4.39 Å². The standard InChI is InChI=1S/C10H15ClFNO/c1-9(5-7(9)12)8(14)13-10(6-11)3-2-4-10/h7H,2-6H2,1H3,(H,13,14). The highest BCUT2D eigenvalue weighted by Crippen LogP contribution is 2.49. The van der Waals surface area contributed by atoms with Crippen LogP contribution in [0.5, 0.6) is 0 Å². The van der Waals surface area contributed by atoms with Crippen LogP contribution < -0.4 is 5.32 Å². The van der Waals surface area contributed by atoms with Gasteiger partial charge < -0.3 is 5.32 Å². The minimum absolute atomic E-state index is 0.162. The maximum absolute atomic E-state index is 12.9. The minimum atomic E-state index is -0.963. The Hall–Kier alpha value is -0.310. The average molecular weight is 220 g/mol. The zero-order valence-electron chi connectivity index (χ0n) is 8.28. The van der Waals surface area contributed by atoms with Crippen LogP contribution in [0.25, 0.3) is 0 Å². The molecule has 80 valence electrons. The Morgan fingerprint density at radius 3 is 2.50 bits per heavy atom. The molecule has 0 heterocycles. The third kappa shape index (κ3) is 1.42. The summed E-state index contributed by atoms with van der Waals surface area (Å²) in [4.78, 5) is 11.7. The van der Waals surface area contributed by atoms with Crippen LogP contribution in [0.3, 0.4) is 0 Å². The minimum Gasteiger partial charge on any atom is -0.349 e. The van der Waals surface area contributed by atoms with Gasteiger partial charge in [-0.15, -0.1) is 11.6 Å². The van der Waals surface area contributed by atoms with Crippen LogP contribution in [-0.2, 0) is 4.79 Å². The number of amides is 1. The molecular weight excluding hydrogens is 205 g/mol. The Morgan fingerprint density at radius 2 is 2.21 bits per heavy atom. The van der Waals surface area contributed by atoms with Crippen LogP contribution in [0, 0.1) is 5.41 Å². The van der Waals surface area contributed by atoms with Gasteiger partial charge in [0, 0.05) is 5.88 Å². The molecule has 2 nitrogen and oxygen atoms in total. The van der Waals surface area contributed by atoms with Gasteiger partial charge in [0.1, 0.15) is 6.17 Å². The summed E-state index contributed by atoms with van der Waals surface area (Å²) in [5.41, 5.74) is -1.00. The van der Waals surface area contributed by atoms with E-state index in [1.54, 1.807) is 6.92 Å². The Morgan fingerprint density at radius 1 is 1.64 bits per heavy atom. The highest BCUT2D eigenvalue weighted by Gasteiger charge is 2.58. The first-order chi connectivity index (χ1) is 6.52. The summed E-state index contributed by atoms with van der Waals surface area (Å²) in [5, 5.41) is 2.90. The molecule has 0 saturated heterocycles. The van der Waals surface area contributed by atoms with Gasteiger partial charge in [-0.05, 0) is 32.6 Å². The van der Waals surface area contributed by atoms with Crippen molar-refractivity contribution in [2.24, 2.45) is 5.41 Å². The molecule has 0 radical (unpaired) electrons. The highest BCUT2D eigenvalue weighted by atomic mass is 35.5. The highest BCUT2D eigenvalue weighted by molar-refractivity contribution is 6.19. The number of carbonyl (C=O) groups excluding carboxylic acids is 1. The third-order valence-electron chi connectivity index (χ3n) is 3.60. The van der Waals surface area contributed by atoms with Crippen LogP contribution >= 0.6 is 11.6 Å². The number of hydrogen-bond acceptors (Lipinski definition) is 1. The predicted octanol–water partition coefficient (Wildman–Crippen LogP) is 2.01. The predicted molar refractivity (Wildman–Crippen MR) is 53.1 cm³/mol. The van der Waals surface area contributed by atoms with E-state index in [2.05, 4.69) is 5.32 Å². The largest absolute Gasteiger partial charge is 0.349 e. The number of hydrogen-bond donors (Lipinski definition) is 1. The fourth-order valence-electron chi connectivity index (χ4n) is 1.83. The quantitative estimate of drug-likeness (QED) is 0.723. The summed E-state index contributed by atoms with van der Waals surface area (Å²) >= 11 is 5.80. The number of halogens is 2. The van der Waals surface area contributed by atoms with Crippen molar-refractivity contribution in [1.29, 1.82) is 0 Å². The van der Waals surface area contributed by atoms with E-state index in [4.69, 9.17) is 11.6 Å². The first-order valence-electron chi connectivity index (χ1n) is 5.05. The van der Waals surface area contributed by atoms with Crippen molar-refractivity contribution < 1.29 is 9.18 Å². The molecule has 0 aliphatic heterocycles. The van der Waals surface area contributed by atoms with E-state index < -0.39 is 11.6 Å². The smallest absolute Gasteiger partial charge is 0.229 e. The molecule has 2 fully saturated rings. The van der Waals surface area contributed by atoms with Crippen molar-refractivity contribution in [3.8, 4) is 0 Å². The molecule has 2 rings (SSSR count). The number of rotatable bonds is 3. The molecule has 0 aromatic heterocycles. The van der Waals surface area contributed by atoms with Gasteiger partial charge in [0.2, 0.25) is 5.91 Å². The van der Waals surface area contributed by atoms with E-state index in [0.29, 0.717) is 12.3 Å². The second-order valence-corrected chi connectivity index (χ2v) is 5.08. The van der Waals surface area contributed by atoms with Gasteiger partial charge in [-0.3, -0.25) is 4.79 Å². The molecule has 2 saturated carbocycles. The molecular formula is C10H15ClFNO. The van der Waals surface area contributed by atoms with Crippen LogP contribution in [0.4, 0.5) is 4.39 Å². The van der Waals surface area contributed by atoms with Crippen molar-refractivity contribution >= 4 is 17.5 Å². The summed E-state index contributed by atoms with van der Waals surface area (Å²) in [6.45, 7) is 1.67. The molecule has 1 amide bonds. The Bertz CT molecular complexity index is 261. The average Bonchev–Trinajstić information content (AvgIpc) is 2.69. The van der Waals surface area contributed by atoms with Crippen LogP contribution in [-0.4, -0.2) is 23.5 Å². The lowest BCUT2D eigenvalue weighted by molar-refractivity contribution is -0.129. The van der Waals surface area contributed by atoms with Gasteiger partial charge in [0.25, 0.3) is 0 Å². The van der Waals surface area contributed by atoms with Gasteiger partial charge >= 0.3 is 0 Å². The molecule has 2 aliphatic rings. The fraction of sp³-hybridized carbons (Fsp3) is 0.900. The maximum Gasteiger partial charge on any atom is 0.229 e. The third-order valence-corrected chi connectivity index (χ3v) is 4.11. The lowest BCUT2D eigenvalue weighted by atomic mass is 9.78. The molecule has 0 spiro atoms. The normalized spacial score (nSPS) is 38.6. The van der Waals surface area contributed by atoms with Crippen molar-refractivity contribution in [3.63, 3.8) is 0 Å². The topological polar surface area (TPSA) is 29.1 Å². The molecule has 1 N–H and O–H groups in total. The monoisotopic (exact) mass is 219 g/mol. The summed E-state index contributed by atoms with van der Waals surface area (Å²) in [6.07, 6.45) is 2.35. The van der Waals surface area contributed by atoms with Gasteiger partial charge in [-0.2, -0.15) is 0 Å². The Kier molecular flexibility index (Phi) is 2.25. The zero-order valence-corrected chi connectivity index (χ0v) is 9.03. The molecule has 2 atom stereocenters. The number of alkyl halides is 2. The number of nitrogens with one attached hydrogen (secondary N) is 1. The first-order valence-corrected chi connectivity index (χ1v) is 5.59. The molecule has 0 aromatic rings. The molecule has 0 bridgehead atoms.